The van der Waals surface area contributed by atoms with E-state index in [4.69, 9.17) is 11.6 Å². The fourth-order valence-electron chi connectivity index (χ4n) is 2.45. The third kappa shape index (κ3) is 3.00. The molecular formula is C14H21ClN6. The van der Waals surface area contributed by atoms with Gasteiger partial charge in [-0.1, -0.05) is 6.92 Å². The van der Waals surface area contributed by atoms with Gasteiger partial charge < -0.3 is 4.90 Å². The lowest BCUT2D eigenvalue weighted by molar-refractivity contribution is 0.742. The zero-order chi connectivity index (χ0) is 15.6. The molecular weight excluding hydrogens is 288 g/mol. The van der Waals surface area contributed by atoms with Crippen LogP contribution in [0, 0.1) is 13.8 Å². The van der Waals surface area contributed by atoms with Crippen LogP contribution in [0.25, 0.3) is 5.95 Å². The van der Waals surface area contributed by atoms with Gasteiger partial charge in [0.25, 0.3) is 5.95 Å². The van der Waals surface area contributed by atoms with Gasteiger partial charge in [0, 0.05) is 18.8 Å². The summed E-state index contributed by atoms with van der Waals surface area (Å²) in [4.78, 5) is 15.0. The van der Waals surface area contributed by atoms with Crippen molar-refractivity contribution in [1.29, 1.82) is 0 Å². The topological polar surface area (TPSA) is 59.7 Å². The molecule has 0 aromatic carbocycles. The zero-order valence-corrected chi connectivity index (χ0v) is 13.9. The van der Waals surface area contributed by atoms with Crippen LogP contribution >= 0.6 is 11.6 Å². The van der Waals surface area contributed by atoms with Gasteiger partial charge in [0.1, 0.15) is 0 Å². The highest BCUT2D eigenvalue weighted by molar-refractivity contribution is 6.28. The van der Waals surface area contributed by atoms with E-state index in [0.717, 1.165) is 30.9 Å². The first-order valence-corrected chi connectivity index (χ1v) is 7.61. The molecule has 2 rings (SSSR count). The maximum atomic E-state index is 6.06. The number of hydrogen-bond donors (Lipinski definition) is 0. The predicted octanol–water partition coefficient (Wildman–Crippen LogP) is 2.74. The molecule has 0 bridgehead atoms. The maximum absolute atomic E-state index is 6.06. The second kappa shape index (κ2) is 6.39. The first-order chi connectivity index (χ1) is 10.0. The molecule has 114 valence electrons. The van der Waals surface area contributed by atoms with E-state index in [1.54, 1.807) is 4.68 Å². The van der Waals surface area contributed by atoms with E-state index in [-0.39, 0.29) is 5.28 Å². The van der Waals surface area contributed by atoms with Crippen molar-refractivity contribution < 1.29 is 0 Å². The smallest absolute Gasteiger partial charge is 0.256 e. The molecule has 0 atom stereocenters. The predicted molar refractivity (Wildman–Crippen MR) is 84.4 cm³/mol. The van der Waals surface area contributed by atoms with Crippen molar-refractivity contribution in [2.24, 2.45) is 0 Å². The van der Waals surface area contributed by atoms with E-state index in [1.807, 2.05) is 18.7 Å². The molecule has 0 saturated carbocycles. The molecule has 2 aromatic rings. The quantitative estimate of drug-likeness (QED) is 0.850. The highest BCUT2D eigenvalue weighted by atomic mass is 35.5. The highest BCUT2D eigenvalue weighted by Gasteiger charge is 2.16. The molecule has 0 N–H and O–H groups in total. The molecule has 0 aliphatic carbocycles. The molecule has 21 heavy (non-hydrogen) atoms. The number of aryl methyl sites for hydroxylation is 1. The van der Waals surface area contributed by atoms with Crippen LogP contribution in [0.3, 0.4) is 0 Å². The number of anilines is 1. The molecule has 0 saturated heterocycles. The summed E-state index contributed by atoms with van der Waals surface area (Å²) < 4.78 is 1.74. The molecule has 0 fully saturated rings. The van der Waals surface area contributed by atoms with E-state index < -0.39 is 0 Å². The first kappa shape index (κ1) is 15.7. The first-order valence-electron chi connectivity index (χ1n) is 7.23. The van der Waals surface area contributed by atoms with Gasteiger partial charge in [-0.05, 0) is 51.3 Å². The molecule has 0 unspecified atom stereocenters. The molecule has 0 aliphatic rings. The lowest BCUT2D eigenvalue weighted by Gasteiger charge is -2.18. The second-order valence-electron chi connectivity index (χ2n) is 4.79. The van der Waals surface area contributed by atoms with Crippen LogP contribution in [0.4, 0.5) is 5.95 Å². The van der Waals surface area contributed by atoms with E-state index in [2.05, 4.69) is 40.8 Å². The van der Waals surface area contributed by atoms with Crippen molar-refractivity contribution in [3.05, 3.63) is 22.2 Å². The summed E-state index contributed by atoms with van der Waals surface area (Å²) >= 11 is 6.06. The van der Waals surface area contributed by atoms with Crippen LogP contribution in [0.2, 0.25) is 5.28 Å². The van der Waals surface area contributed by atoms with Gasteiger partial charge in [-0.3, -0.25) is 0 Å². The van der Waals surface area contributed by atoms with E-state index in [0.29, 0.717) is 11.9 Å². The van der Waals surface area contributed by atoms with Gasteiger partial charge in [-0.25, -0.2) is 4.68 Å². The number of nitrogens with zero attached hydrogens (tertiary/aromatic N) is 6. The van der Waals surface area contributed by atoms with Crippen molar-refractivity contribution >= 4 is 17.5 Å². The van der Waals surface area contributed by atoms with E-state index in [1.165, 1.54) is 5.56 Å². The molecule has 6 nitrogen and oxygen atoms in total. The molecule has 0 radical (unpaired) electrons. The third-order valence-corrected chi connectivity index (χ3v) is 3.78. The van der Waals surface area contributed by atoms with Gasteiger partial charge in [0.05, 0.1) is 5.69 Å². The van der Waals surface area contributed by atoms with Crippen LogP contribution in [-0.4, -0.2) is 37.8 Å². The highest BCUT2D eigenvalue weighted by Crippen LogP contribution is 2.19. The lowest BCUT2D eigenvalue weighted by atomic mass is 10.1. The fraction of sp³-hybridized carbons (Fsp3) is 0.571. The summed E-state index contributed by atoms with van der Waals surface area (Å²) in [5.74, 6) is 1.05. The van der Waals surface area contributed by atoms with Crippen LogP contribution in [0.15, 0.2) is 0 Å². The molecule has 0 amide bonds. The molecule has 0 aliphatic heterocycles. The Morgan fingerprint density at radius 3 is 2.24 bits per heavy atom. The Kier molecular flexibility index (Phi) is 4.77. The van der Waals surface area contributed by atoms with Gasteiger partial charge >= 0.3 is 0 Å². The monoisotopic (exact) mass is 308 g/mol. The van der Waals surface area contributed by atoms with Crippen molar-refractivity contribution in [3.63, 3.8) is 0 Å². The van der Waals surface area contributed by atoms with Crippen LogP contribution < -0.4 is 4.90 Å². The Hall–Kier alpha value is -1.69. The summed E-state index contributed by atoms with van der Waals surface area (Å²) in [7, 11) is 0. The largest absolute Gasteiger partial charge is 0.341 e. The zero-order valence-electron chi connectivity index (χ0n) is 13.2. The average molecular weight is 309 g/mol. The summed E-state index contributed by atoms with van der Waals surface area (Å²) in [6, 6.07) is 0. The Bertz CT molecular complexity index is 633. The van der Waals surface area contributed by atoms with E-state index in [9.17, 15) is 0 Å². The Balaban J connectivity index is 2.54. The Morgan fingerprint density at radius 2 is 1.71 bits per heavy atom. The molecule has 0 spiro atoms. The number of rotatable bonds is 5. The molecule has 2 heterocycles. The van der Waals surface area contributed by atoms with Crippen LogP contribution in [-0.2, 0) is 6.42 Å². The summed E-state index contributed by atoms with van der Waals surface area (Å²) in [5.41, 5.74) is 3.26. The van der Waals surface area contributed by atoms with Crippen molar-refractivity contribution in [1.82, 2.24) is 24.7 Å². The van der Waals surface area contributed by atoms with Crippen LogP contribution in [0.1, 0.15) is 37.7 Å². The lowest BCUT2D eigenvalue weighted by Crippen LogP contribution is -2.25. The Labute approximate surface area is 130 Å². The average Bonchev–Trinajstić information content (AvgIpc) is 2.74. The SMILES string of the molecule is CCc1c(C)nn(-c2nc(Cl)nc(N(CC)CC)n2)c1C. The fourth-order valence-corrected chi connectivity index (χ4v) is 2.60. The standard InChI is InChI=1S/C14H21ClN6/c1-6-11-9(4)19-21(10(11)5)14-17-12(15)16-13(18-14)20(7-2)8-3/h6-8H2,1-5H3. The number of aromatic nitrogens is 5. The minimum Gasteiger partial charge on any atom is -0.341 e. The van der Waals surface area contributed by atoms with Crippen LogP contribution in [0.5, 0.6) is 0 Å². The summed E-state index contributed by atoms with van der Waals surface area (Å²) in [6.45, 7) is 11.9. The third-order valence-electron chi connectivity index (χ3n) is 3.61. The van der Waals surface area contributed by atoms with Gasteiger partial charge in [-0.15, -0.1) is 0 Å². The van der Waals surface area contributed by atoms with Gasteiger partial charge in [0.15, 0.2) is 0 Å². The molecule has 2 aromatic heterocycles. The Morgan fingerprint density at radius 1 is 1.05 bits per heavy atom. The number of hydrogen-bond acceptors (Lipinski definition) is 5. The minimum atomic E-state index is 0.188. The van der Waals surface area contributed by atoms with E-state index >= 15 is 0 Å². The number of halogens is 1. The maximum Gasteiger partial charge on any atom is 0.256 e. The van der Waals surface area contributed by atoms with Crippen molar-refractivity contribution in [2.75, 3.05) is 18.0 Å². The van der Waals surface area contributed by atoms with Gasteiger partial charge in [0.2, 0.25) is 11.2 Å². The normalized spacial score (nSPS) is 11.0. The van der Waals surface area contributed by atoms with Crippen molar-refractivity contribution in [3.8, 4) is 5.95 Å². The summed E-state index contributed by atoms with van der Waals surface area (Å²) in [5, 5.41) is 4.72. The second-order valence-corrected chi connectivity index (χ2v) is 5.13. The van der Waals surface area contributed by atoms with Crippen molar-refractivity contribution in [2.45, 2.75) is 41.0 Å². The van der Waals surface area contributed by atoms with Gasteiger partial charge in [-0.2, -0.15) is 20.1 Å². The minimum absolute atomic E-state index is 0.188. The summed E-state index contributed by atoms with van der Waals surface area (Å²) in [6.07, 6.45) is 0.930. The molecule has 7 heteroatoms.